The number of hydrogen-bond donors (Lipinski definition) is 2. The second kappa shape index (κ2) is 6.38. The number of rotatable bonds is 0. The Bertz CT molecular complexity index is 969. The van der Waals surface area contributed by atoms with E-state index in [4.69, 9.17) is 10.5 Å². The highest BCUT2D eigenvalue weighted by Crippen LogP contribution is 2.59. The molecule has 2 heterocycles. The summed E-state index contributed by atoms with van der Waals surface area (Å²) in [6.45, 7) is 4.49. The molecular formula is C27H33NO2. The Labute approximate surface area is 180 Å². The van der Waals surface area contributed by atoms with Crippen molar-refractivity contribution in [3.8, 4) is 17.6 Å². The van der Waals surface area contributed by atoms with Gasteiger partial charge in [-0.1, -0.05) is 36.5 Å². The van der Waals surface area contributed by atoms with Crippen LogP contribution in [0.4, 0.5) is 0 Å². The van der Waals surface area contributed by atoms with Gasteiger partial charge in [0.2, 0.25) is 0 Å². The third-order valence-electron chi connectivity index (χ3n) is 9.15. The predicted molar refractivity (Wildman–Crippen MR) is 118 cm³/mol. The van der Waals surface area contributed by atoms with E-state index in [1.807, 2.05) is 12.1 Å². The standard InChI is InChI=1S/C27H33NO2/c1-26(2)23-12-13-27(30-26)18-5-3-4-17(14-18)20-9-6-16(7-11-24(27)25(23)28)22-15-19(29)8-10-21(20)22/h6,8-10,15-18,20,23-25,29H,3-5,12-14,28H2,1-2H3/t16-,17+,18-,20-,23+,24-,25-,27+/m0/s1. The maximum atomic E-state index is 10.2. The molecule has 2 saturated carbocycles. The van der Waals surface area contributed by atoms with E-state index in [-0.39, 0.29) is 29.1 Å². The zero-order valence-corrected chi connectivity index (χ0v) is 18.1. The van der Waals surface area contributed by atoms with Gasteiger partial charge in [0.1, 0.15) is 5.75 Å². The Balaban J connectivity index is 1.53. The monoisotopic (exact) mass is 403 g/mol. The van der Waals surface area contributed by atoms with Gasteiger partial charge in [0, 0.05) is 17.9 Å². The summed E-state index contributed by atoms with van der Waals surface area (Å²) in [4.78, 5) is 0. The molecule has 1 aromatic rings. The maximum absolute atomic E-state index is 10.2. The number of ether oxygens (including phenoxy) is 1. The second-order valence-electron chi connectivity index (χ2n) is 11.0. The molecule has 7 rings (SSSR count). The number of phenolic OH excluding ortho intramolecular Hbond substituents is 1. The van der Waals surface area contributed by atoms with E-state index in [0.717, 1.165) is 12.8 Å². The van der Waals surface area contributed by atoms with Gasteiger partial charge < -0.3 is 15.6 Å². The van der Waals surface area contributed by atoms with Gasteiger partial charge in [-0.2, -0.15) is 0 Å². The van der Waals surface area contributed by atoms with E-state index in [9.17, 15) is 5.11 Å². The maximum Gasteiger partial charge on any atom is 0.115 e. The van der Waals surface area contributed by atoms with Crippen molar-refractivity contribution in [2.24, 2.45) is 29.4 Å². The fourth-order valence-corrected chi connectivity index (χ4v) is 7.83. The Kier molecular flexibility index (Phi) is 4.03. The molecule has 3 N–H and O–H groups in total. The van der Waals surface area contributed by atoms with Crippen LogP contribution < -0.4 is 5.73 Å². The highest BCUT2D eigenvalue weighted by molar-refractivity contribution is 5.50. The van der Waals surface area contributed by atoms with Crippen molar-refractivity contribution < 1.29 is 9.84 Å². The first-order chi connectivity index (χ1) is 14.4. The number of fused-ring (bicyclic) bond motifs is 10. The van der Waals surface area contributed by atoms with Gasteiger partial charge in [-0.05, 0) is 81.0 Å². The number of benzene rings is 1. The third kappa shape index (κ3) is 2.53. The van der Waals surface area contributed by atoms with Crippen molar-refractivity contribution in [3.05, 3.63) is 41.5 Å². The average Bonchev–Trinajstić information content (AvgIpc) is 2.74. The summed E-state index contributed by atoms with van der Waals surface area (Å²) in [5, 5.41) is 10.2. The van der Waals surface area contributed by atoms with Crippen molar-refractivity contribution >= 4 is 0 Å². The van der Waals surface area contributed by atoms with Gasteiger partial charge in [-0.15, -0.1) is 0 Å². The summed E-state index contributed by atoms with van der Waals surface area (Å²) in [7, 11) is 0. The lowest BCUT2D eigenvalue weighted by Gasteiger charge is -2.63. The zero-order chi connectivity index (χ0) is 20.7. The average molecular weight is 404 g/mol. The summed E-state index contributed by atoms with van der Waals surface area (Å²) in [5.74, 6) is 9.65. The third-order valence-corrected chi connectivity index (χ3v) is 9.15. The molecule has 3 nitrogen and oxygen atoms in total. The molecule has 4 fully saturated rings. The van der Waals surface area contributed by atoms with Crippen molar-refractivity contribution in [2.75, 3.05) is 0 Å². The molecule has 8 atom stereocenters. The van der Waals surface area contributed by atoms with Crippen molar-refractivity contribution in [1.82, 2.24) is 0 Å². The molecule has 0 aromatic heterocycles. The summed E-state index contributed by atoms with van der Waals surface area (Å²) < 4.78 is 7.04. The highest BCUT2D eigenvalue weighted by Gasteiger charge is 2.63. The van der Waals surface area contributed by atoms with E-state index in [0.29, 0.717) is 29.4 Å². The molecule has 0 amide bonds. The molecule has 2 aliphatic heterocycles. The van der Waals surface area contributed by atoms with Gasteiger partial charge in [0.05, 0.1) is 23.0 Å². The molecule has 2 saturated heterocycles. The molecule has 1 spiro atoms. The van der Waals surface area contributed by atoms with Crippen LogP contribution in [0.3, 0.4) is 0 Å². The fraction of sp³-hybridized carbons (Fsp3) is 0.630. The summed E-state index contributed by atoms with van der Waals surface area (Å²) in [5.41, 5.74) is 9.10. The Morgan fingerprint density at radius 3 is 2.80 bits per heavy atom. The number of nitrogens with two attached hydrogens (primary N) is 1. The number of aromatic hydroxyl groups is 1. The molecule has 1 aromatic carbocycles. The Morgan fingerprint density at radius 1 is 1.10 bits per heavy atom. The van der Waals surface area contributed by atoms with E-state index < -0.39 is 0 Å². The SMILES string of the molecule is CC1(C)O[C@@]23CC[C@@H]1[C@H](N)[C@@H]2C#C[C@@H]1C=C[C@H](c2ccc(O)cc21)[C@@H]1CCC[C@H]3C1. The van der Waals surface area contributed by atoms with Crippen LogP contribution in [-0.4, -0.2) is 22.4 Å². The molecular weight excluding hydrogens is 370 g/mol. The van der Waals surface area contributed by atoms with Crippen molar-refractivity contribution in [2.45, 2.75) is 81.5 Å². The number of allylic oxidation sites excluding steroid dienone is 2. The molecule has 6 aliphatic rings. The van der Waals surface area contributed by atoms with E-state index in [2.05, 4.69) is 43.9 Å². The van der Waals surface area contributed by atoms with Gasteiger partial charge in [-0.25, -0.2) is 0 Å². The minimum Gasteiger partial charge on any atom is -0.508 e. The van der Waals surface area contributed by atoms with Crippen LogP contribution in [0.5, 0.6) is 5.75 Å². The molecule has 6 bridgehead atoms. The second-order valence-corrected chi connectivity index (χ2v) is 11.0. The normalized spacial score (nSPS) is 45.0. The molecule has 3 heteroatoms. The Hall–Kier alpha value is -1.76. The van der Waals surface area contributed by atoms with Gasteiger partial charge in [-0.3, -0.25) is 0 Å². The van der Waals surface area contributed by atoms with E-state index in [1.54, 1.807) is 0 Å². The minimum atomic E-state index is -0.207. The first kappa shape index (κ1) is 19.0. The first-order valence-electron chi connectivity index (χ1n) is 11.9. The van der Waals surface area contributed by atoms with Crippen LogP contribution in [0.15, 0.2) is 30.4 Å². The predicted octanol–water partition coefficient (Wildman–Crippen LogP) is 4.85. The van der Waals surface area contributed by atoms with Crippen molar-refractivity contribution in [1.29, 1.82) is 0 Å². The molecule has 0 radical (unpaired) electrons. The lowest BCUT2D eigenvalue weighted by Crippen LogP contribution is -2.71. The van der Waals surface area contributed by atoms with Gasteiger partial charge in [0.15, 0.2) is 0 Å². The summed E-state index contributed by atoms with van der Waals surface area (Å²) in [6.07, 6.45) is 11.9. The number of phenols is 1. The summed E-state index contributed by atoms with van der Waals surface area (Å²) in [6, 6.07) is 5.99. The van der Waals surface area contributed by atoms with Crippen molar-refractivity contribution in [3.63, 3.8) is 0 Å². The fourth-order valence-electron chi connectivity index (χ4n) is 7.83. The quantitative estimate of drug-likeness (QED) is 0.481. The largest absolute Gasteiger partial charge is 0.508 e. The van der Waals surface area contributed by atoms with Crippen LogP contribution in [0.2, 0.25) is 0 Å². The molecule has 30 heavy (non-hydrogen) atoms. The smallest absolute Gasteiger partial charge is 0.115 e. The molecule has 158 valence electrons. The van der Waals surface area contributed by atoms with Crippen LogP contribution >= 0.6 is 0 Å². The van der Waals surface area contributed by atoms with E-state index >= 15 is 0 Å². The molecule has 0 unspecified atom stereocenters. The highest BCUT2D eigenvalue weighted by atomic mass is 16.5. The van der Waals surface area contributed by atoms with Crippen LogP contribution in [-0.2, 0) is 4.74 Å². The summed E-state index contributed by atoms with van der Waals surface area (Å²) >= 11 is 0. The minimum absolute atomic E-state index is 0.0269. The Morgan fingerprint density at radius 2 is 1.97 bits per heavy atom. The van der Waals surface area contributed by atoms with Crippen LogP contribution in [0.25, 0.3) is 0 Å². The van der Waals surface area contributed by atoms with Crippen LogP contribution in [0.1, 0.15) is 75.3 Å². The zero-order valence-electron chi connectivity index (χ0n) is 18.1. The lowest BCUT2D eigenvalue weighted by molar-refractivity contribution is -0.285. The van der Waals surface area contributed by atoms with Gasteiger partial charge in [0.25, 0.3) is 0 Å². The lowest BCUT2D eigenvalue weighted by atomic mass is 9.54. The first-order valence-corrected chi connectivity index (χ1v) is 11.9. The molecule has 4 aliphatic carbocycles. The number of hydrogen-bond acceptors (Lipinski definition) is 3. The van der Waals surface area contributed by atoms with Crippen LogP contribution in [0, 0.1) is 35.5 Å². The van der Waals surface area contributed by atoms with E-state index in [1.165, 1.54) is 36.8 Å². The topological polar surface area (TPSA) is 55.5 Å². The van der Waals surface area contributed by atoms with Gasteiger partial charge >= 0.3 is 0 Å².